The van der Waals surface area contributed by atoms with Crippen molar-refractivity contribution < 1.29 is 0 Å². The molecule has 0 fully saturated rings. The highest BCUT2D eigenvalue weighted by atomic mass is 35.5. The van der Waals surface area contributed by atoms with Crippen LogP contribution >= 0.6 is 47.2 Å². The first kappa shape index (κ1) is 18.8. The number of halogens is 2. The molecule has 2 N–H and O–H groups in total. The van der Waals surface area contributed by atoms with Crippen LogP contribution in [0, 0.1) is 0 Å². The third-order valence-corrected chi connectivity index (χ3v) is 4.65. The van der Waals surface area contributed by atoms with Gasteiger partial charge in [0.1, 0.15) is 10.2 Å². The fourth-order valence-electron chi connectivity index (χ4n) is 1.90. The van der Waals surface area contributed by atoms with Gasteiger partial charge >= 0.3 is 0 Å². The summed E-state index contributed by atoms with van der Waals surface area (Å²) in [5.74, 6) is 0.285. The van der Waals surface area contributed by atoms with Crippen LogP contribution in [0.4, 0.5) is 5.95 Å². The molecule has 3 aromatic rings. The Morgan fingerprint density at radius 1 is 1.08 bits per heavy atom. The van der Waals surface area contributed by atoms with E-state index in [4.69, 9.17) is 35.4 Å². The summed E-state index contributed by atoms with van der Waals surface area (Å²) in [6, 6.07) is 10.9. The molecule has 10 heteroatoms. The highest BCUT2D eigenvalue weighted by Gasteiger charge is 2.08. The Morgan fingerprint density at radius 3 is 2.62 bits per heavy atom. The van der Waals surface area contributed by atoms with E-state index < -0.39 is 0 Å². The minimum atomic E-state index is 0.285. The largest absolute Gasteiger partial charge is 0.358 e. The predicted octanol–water partition coefficient (Wildman–Crippen LogP) is 4.21. The summed E-state index contributed by atoms with van der Waals surface area (Å²) in [6.45, 7) is 0.478. The Kier molecular flexibility index (Phi) is 6.56. The number of thiocarbonyl (C=S) groups is 1. The van der Waals surface area contributed by atoms with Gasteiger partial charge in [0.05, 0.1) is 0 Å². The van der Waals surface area contributed by atoms with E-state index in [9.17, 15) is 0 Å². The molecule has 0 aliphatic heterocycles. The van der Waals surface area contributed by atoms with Gasteiger partial charge in [0.15, 0.2) is 10.3 Å². The summed E-state index contributed by atoms with van der Waals surface area (Å²) in [4.78, 5) is 16.8. The molecule has 0 atom stereocenters. The van der Waals surface area contributed by atoms with Crippen LogP contribution < -0.4 is 10.6 Å². The lowest BCUT2D eigenvalue weighted by atomic mass is 10.2. The lowest BCUT2D eigenvalue weighted by Gasteiger charge is -2.11. The molecular weight excluding hydrogens is 411 g/mol. The van der Waals surface area contributed by atoms with Crippen LogP contribution in [-0.2, 0) is 6.54 Å². The van der Waals surface area contributed by atoms with E-state index in [1.807, 2.05) is 24.3 Å². The van der Waals surface area contributed by atoms with Gasteiger partial charge in [-0.15, -0.1) is 0 Å². The summed E-state index contributed by atoms with van der Waals surface area (Å²) in [5, 5.41) is 8.46. The van der Waals surface area contributed by atoms with E-state index in [0.29, 0.717) is 26.9 Å². The Labute approximate surface area is 169 Å². The number of hydrogen-bond acceptors (Lipinski definition) is 6. The Morgan fingerprint density at radius 2 is 1.85 bits per heavy atom. The second-order valence-electron chi connectivity index (χ2n) is 4.89. The zero-order valence-electron chi connectivity index (χ0n) is 13.2. The maximum atomic E-state index is 6.13. The molecule has 26 heavy (non-hydrogen) atoms. The molecule has 2 aromatic heterocycles. The minimum Gasteiger partial charge on any atom is -0.358 e. The topological polar surface area (TPSA) is 75.6 Å². The number of rotatable bonds is 5. The van der Waals surface area contributed by atoms with Crippen LogP contribution in [0.2, 0.25) is 10.2 Å². The zero-order valence-corrected chi connectivity index (χ0v) is 16.3. The summed E-state index contributed by atoms with van der Waals surface area (Å²) in [6.07, 6.45) is 3.32. The molecule has 3 rings (SSSR count). The second-order valence-corrected chi connectivity index (χ2v) is 7.08. The van der Waals surface area contributed by atoms with Crippen molar-refractivity contribution in [2.75, 3.05) is 5.32 Å². The van der Waals surface area contributed by atoms with E-state index in [-0.39, 0.29) is 11.1 Å². The van der Waals surface area contributed by atoms with Crippen molar-refractivity contribution in [2.24, 2.45) is 0 Å². The normalized spacial score (nSPS) is 10.4. The van der Waals surface area contributed by atoms with Gasteiger partial charge in [-0.1, -0.05) is 41.4 Å². The van der Waals surface area contributed by atoms with Gasteiger partial charge < -0.3 is 10.6 Å². The van der Waals surface area contributed by atoms with Crippen molar-refractivity contribution >= 4 is 58.2 Å². The number of nitrogens with zero attached hydrogens (tertiary/aromatic N) is 4. The van der Waals surface area contributed by atoms with E-state index in [2.05, 4.69) is 30.6 Å². The predicted molar refractivity (Wildman–Crippen MR) is 108 cm³/mol. The molecule has 0 aliphatic rings. The summed E-state index contributed by atoms with van der Waals surface area (Å²) in [7, 11) is 0. The van der Waals surface area contributed by atoms with E-state index in [1.165, 1.54) is 11.8 Å². The maximum absolute atomic E-state index is 6.13. The molecule has 2 heterocycles. The van der Waals surface area contributed by atoms with Gasteiger partial charge in [0.25, 0.3) is 0 Å². The fourth-order valence-corrected chi connectivity index (χ4v) is 3.23. The van der Waals surface area contributed by atoms with Crippen molar-refractivity contribution in [3.05, 3.63) is 64.5 Å². The molecule has 0 aliphatic carbocycles. The Bertz CT molecular complexity index is 910. The molecule has 0 saturated heterocycles. The lowest BCUT2D eigenvalue weighted by molar-refractivity contribution is 0.920. The van der Waals surface area contributed by atoms with Crippen LogP contribution in [0.25, 0.3) is 0 Å². The highest BCUT2D eigenvalue weighted by molar-refractivity contribution is 7.99. The average molecular weight is 423 g/mol. The molecule has 132 valence electrons. The smallest absolute Gasteiger partial charge is 0.231 e. The van der Waals surface area contributed by atoms with E-state index >= 15 is 0 Å². The fraction of sp³-hybridized carbons (Fsp3) is 0.0625. The SMILES string of the molecule is S=C(NCc1ccccc1Cl)Nc1nc(Cl)cc(Sc2ncccn2)n1. The molecule has 0 bridgehead atoms. The first-order valence-electron chi connectivity index (χ1n) is 7.38. The Balaban J connectivity index is 1.63. The minimum absolute atomic E-state index is 0.285. The summed E-state index contributed by atoms with van der Waals surface area (Å²) < 4.78 is 0. The van der Waals surface area contributed by atoms with Gasteiger partial charge in [0.2, 0.25) is 5.95 Å². The third-order valence-electron chi connectivity index (χ3n) is 3.03. The van der Waals surface area contributed by atoms with Gasteiger partial charge in [-0.05, 0) is 41.7 Å². The zero-order chi connectivity index (χ0) is 18.4. The quantitative estimate of drug-likeness (QED) is 0.359. The average Bonchev–Trinajstić information content (AvgIpc) is 2.61. The third kappa shape index (κ3) is 5.50. The van der Waals surface area contributed by atoms with Crippen LogP contribution in [0.1, 0.15) is 5.56 Å². The first-order chi connectivity index (χ1) is 12.6. The molecule has 6 nitrogen and oxygen atoms in total. The van der Waals surface area contributed by atoms with E-state index in [1.54, 1.807) is 24.5 Å². The van der Waals surface area contributed by atoms with Crippen molar-refractivity contribution in [3.8, 4) is 0 Å². The van der Waals surface area contributed by atoms with Crippen molar-refractivity contribution in [1.29, 1.82) is 0 Å². The van der Waals surface area contributed by atoms with Gasteiger partial charge in [-0.3, -0.25) is 0 Å². The van der Waals surface area contributed by atoms with Crippen molar-refractivity contribution in [2.45, 2.75) is 16.7 Å². The number of benzene rings is 1. The van der Waals surface area contributed by atoms with Crippen molar-refractivity contribution in [1.82, 2.24) is 25.3 Å². The number of anilines is 1. The van der Waals surface area contributed by atoms with Crippen LogP contribution in [0.5, 0.6) is 0 Å². The number of nitrogens with one attached hydrogen (secondary N) is 2. The van der Waals surface area contributed by atoms with Crippen molar-refractivity contribution in [3.63, 3.8) is 0 Å². The van der Waals surface area contributed by atoms with Crippen LogP contribution in [0.3, 0.4) is 0 Å². The maximum Gasteiger partial charge on any atom is 0.231 e. The molecular formula is C16H12Cl2N6S2. The molecule has 0 saturated carbocycles. The van der Waals surface area contributed by atoms with Gasteiger partial charge in [-0.2, -0.15) is 0 Å². The Hall–Kier alpha value is -2.00. The molecule has 0 amide bonds. The molecule has 1 aromatic carbocycles. The number of aromatic nitrogens is 4. The lowest BCUT2D eigenvalue weighted by Crippen LogP contribution is -2.28. The monoisotopic (exact) mass is 422 g/mol. The molecule has 0 spiro atoms. The van der Waals surface area contributed by atoms with Crippen LogP contribution in [-0.4, -0.2) is 25.0 Å². The van der Waals surface area contributed by atoms with E-state index in [0.717, 1.165) is 5.56 Å². The number of hydrogen-bond donors (Lipinski definition) is 2. The van der Waals surface area contributed by atoms with Gasteiger partial charge in [-0.25, -0.2) is 19.9 Å². The molecule has 0 radical (unpaired) electrons. The first-order valence-corrected chi connectivity index (χ1v) is 9.36. The summed E-state index contributed by atoms with van der Waals surface area (Å²) in [5.41, 5.74) is 0.933. The standard InChI is InChI=1S/C16H12Cl2N6S2/c17-11-5-2-1-4-10(11)9-21-15(25)24-14-22-12(18)8-13(23-14)26-16-19-6-3-7-20-16/h1-8H,9H2,(H2,21,22,23,24,25). The van der Waals surface area contributed by atoms with Gasteiger partial charge in [0, 0.05) is 30.0 Å². The highest BCUT2D eigenvalue weighted by Crippen LogP contribution is 2.25. The second kappa shape index (κ2) is 9.09. The summed E-state index contributed by atoms with van der Waals surface area (Å²) >= 11 is 18.7. The molecule has 0 unspecified atom stereocenters. The van der Waals surface area contributed by atoms with Crippen LogP contribution in [0.15, 0.2) is 59.0 Å².